The second-order valence-corrected chi connectivity index (χ2v) is 8.71. The summed E-state index contributed by atoms with van der Waals surface area (Å²) < 4.78 is 12.2. The Morgan fingerprint density at radius 3 is 2.33 bits per heavy atom. The molecule has 5 heteroatoms. The van der Waals surface area contributed by atoms with Crippen LogP contribution in [0, 0.1) is 6.92 Å². The van der Waals surface area contributed by atoms with Crippen LogP contribution < -0.4 is 10.3 Å². The van der Waals surface area contributed by atoms with Crippen molar-refractivity contribution in [1.29, 1.82) is 0 Å². The number of ether oxygens (including phenoxy) is 2. The number of carbonyl (C=O) groups excluding carboxylic acids is 1. The van der Waals surface area contributed by atoms with Crippen molar-refractivity contribution in [2.24, 2.45) is 0 Å². The van der Waals surface area contributed by atoms with Gasteiger partial charge in [0.2, 0.25) is 0 Å². The van der Waals surface area contributed by atoms with Gasteiger partial charge in [0.15, 0.2) is 6.61 Å². The molecule has 1 heterocycles. The van der Waals surface area contributed by atoms with Gasteiger partial charge in [0.25, 0.3) is 5.56 Å². The summed E-state index contributed by atoms with van der Waals surface area (Å²) in [5.41, 5.74) is 6.70. The van der Waals surface area contributed by atoms with Gasteiger partial charge in [-0.05, 0) is 72.7 Å². The van der Waals surface area contributed by atoms with Crippen molar-refractivity contribution >= 4 is 5.97 Å². The van der Waals surface area contributed by atoms with E-state index < -0.39 is 0 Å². The molecule has 0 N–H and O–H groups in total. The number of aryl methyl sites for hydroxylation is 3. The van der Waals surface area contributed by atoms with Crippen molar-refractivity contribution in [3.05, 3.63) is 113 Å². The van der Waals surface area contributed by atoms with Crippen LogP contribution in [0.1, 0.15) is 24.5 Å². The van der Waals surface area contributed by atoms with Crippen LogP contribution in [0.2, 0.25) is 0 Å². The average Bonchev–Trinajstić information content (AvgIpc) is 2.89. The molecule has 0 bridgehead atoms. The highest BCUT2D eigenvalue weighted by atomic mass is 16.6. The maximum atomic E-state index is 12.6. The van der Waals surface area contributed by atoms with Crippen LogP contribution >= 0.6 is 0 Å². The Morgan fingerprint density at radius 2 is 1.58 bits per heavy atom. The molecule has 0 unspecified atom stereocenters. The SMILES string of the molecule is CCOC(=O)COc1cccc(CCCn2cc(-c3ccccc3-c3ccc(C)cc3)ccc2=O)c1. The molecule has 0 aliphatic carbocycles. The van der Waals surface area contributed by atoms with E-state index in [4.69, 9.17) is 9.47 Å². The lowest BCUT2D eigenvalue weighted by Crippen LogP contribution is -2.19. The highest BCUT2D eigenvalue weighted by molar-refractivity contribution is 5.83. The highest BCUT2D eigenvalue weighted by Crippen LogP contribution is 2.31. The molecule has 0 aliphatic heterocycles. The fourth-order valence-corrected chi connectivity index (χ4v) is 4.17. The summed E-state index contributed by atoms with van der Waals surface area (Å²) in [6, 6.07) is 28.0. The zero-order valence-electron chi connectivity index (χ0n) is 20.8. The Kier molecular flexibility index (Phi) is 8.35. The summed E-state index contributed by atoms with van der Waals surface area (Å²) in [5, 5.41) is 0. The molecule has 0 fully saturated rings. The van der Waals surface area contributed by atoms with Crippen LogP contribution in [0.3, 0.4) is 0 Å². The average molecular weight is 482 g/mol. The van der Waals surface area contributed by atoms with Crippen LogP contribution in [-0.4, -0.2) is 23.8 Å². The third-order valence-electron chi connectivity index (χ3n) is 6.01. The quantitative estimate of drug-likeness (QED) is 0.258. The summed E-state index contributed by atoms with van der Waals surface area (Å²) >= 11 is 0. The van der Waals surface area contributed by atoms with Gasteiger partial charge in [0.1, 0.15) is 5.75 Å². The number of hydrogen-bond acceptors (Lipinski definition) is 4. The monoisotopic (exact) mass is 481 g/mol. The minimum atomic E-state index is -0.383. The first-order valence-electron chi connectivity index (χ1n) is 12.3. The van der Waals surface area contributed by atoms with E-state index in [1.807, 2.05) is 48.7 Å². The summed E-state index contributed by atoms with van der Waals surface area (Å²) in [6.45, 7) is 4.68. The Morgan fingerprint density at radius 1 is 0.861 bits per heavy atom. The van der Waals surface area contributed by atoms with Gasteiger partial charge >= 0.3 is 5.97 Å². The van der Waals surface area contributed by atoms with E-state index in [9.17, 15) is 9.59 Å². The normalized spacial score (nSPS) is 10.7. The predicted molar refractivity (Wildman–Crippen MR) is 143 cm³/mol. The Bertz CT molecular complexity index is 1370. The van der Waals surface area contributed by atoms with Crippen molar-refractivity contribution in [1.82, 2.24) is 4.57 Å². The molecule has 4 aromatic rings. The number of benzene rings is 3. The minimum Gasteiger partial charge on any atom is -0.482 e. The van der Waals surface area contributed by atoms with Crippen molar-refractivity contribution < 1.29 is 14.3 Å². The Hall–Kier alpha value is -4.12. The van der Waals surface area contributed by atoms with Crippen LogP contribution in [0.4, 0.5) is 0 Å². The van der Waals surface area contributed by atoms with Gasteiger partial charge in [-0.25, -0.2) is 4.79 Å². The lowest BCUT2D eigenvalue weighted by molar-refractivity contribution is -0.145. The minimum absolute atomic E-state index is 0.0157. The fourth-order valence-electron chi connectivity index (χ4n) is 4.17. The van der Waals surface area contributed by atoms with Gasteiger partial charge in [-0.15, -0.1) is 0 Å². The van der Waals surface area contributed by atoms with E-state index in [1.54, 1.807) is 17.6 Å². The molecule has 0 radical (unpaired) electrons. The van der Waals surface area contributed by atoms with Gasteiger partial charge in [0.05, 0.1) is 6.61 Å². The summed E-state index contributed by atoms with van der Waals surface area (Å²) in [6.07, 6.45) is 3.53. The Labute approximate surface area is 212 Å². The fraction of sp³-hybridized carbons (Fsp3) is 0.226. The second-order valence-electron chi connectivity index (χ2n) is 8.71. The maximum Gasteiger partial charge on any atom is 0.344 e. The number of esters is 1. The third kappa shape index (κ3) is 6.51. The molecule has 0 aliphatic rings. The smallest absolute Gasteiger partial charge is 0.344 e. The number of aromatic nitrogens is 1. The molecule has 0 atom stereocenters. The summed E-state index contributed by atoms with van der Waals surface area (Å²) in [7, 11) is 0. The third-order valence-corrected chi connectivity index (χ3v) is 6.01. The molecule has 0 saturated carbocycles. The molecule has 184 valence electrons. The number of hydrogen-bond donors (Lipinski definition) is 0. The lowest BCUT2D eigenvalue weighted by Gasteiger charge is -2.13. The van der Waals surface area contributed by atoms with Gasteiger partial charge in [0, 0.05) is 18.8 Å². The van der Waals surface area contributed by atoms with Crippen LogP contribution in [0.5, 0.6) is 5.75 Å². The van der Waals surface area contributed by atoms with E-state index in [-0.39, 0.29) is 18.1 Å². The highest BCUT2D eigenvalue weighted by Gasteiger charge is 2.09. The molecule has 1 aromatic heterocycles. The van der Waals surface area contributed by atoms with Crippen LogP contribution in [0.15, 0.2) is 95.9 Å². The van der Waals surface area contributed by atoms with Gasteiger partial charge in [-0.2, -0.15) is 0 Å². The maximum absolute atomic E-state index is 12.6. The molecule has 3 aromatic carbocycles. The van der Waals surface area contributed by atoms with Gasteiger partial charge in [-0.1, -0.05) is 66.2 Å². The van der Waals surface area contributed by atoms with Gasteiger partial charge < -0.3 is 14.0 Å². The van der Waals surface area contributed by atoms with Crippen molar-refractivity contribution in [3.63, 3.8) is 0 Å². The molecule has 0 saturated heterocycles. The molecule has 0 spiro atoms. The first kappa shape index (κ1) is 25.0. The summed E-state index contributed by atoms with van der Waals surface area (Å²) in [5.74, 6) is 0.249. The summed E-state index contributed by atoms with van der Waals surface area (Å²) in [4.78, 5) is 24.1. The Balaban J connectivity index is 1.45. The predicted octanol–water partition coefficient (Wildman–Crippen LogP) is 6.07. The molecule has 4 rings (SSSR count). The standard InChI is InChI=1S/C31H31NO4/c1-3-35-31(34)22-36-27-10-6-8-24(20-27)9-7-19-32-21-26(17-18-30(32)33)29-12-5-4-11-28(29)25-15-13-23(2)14-16-25/h4-6,8,10-18,20-21H,3,7,9,19,22H2,1-2H3. The van der Waals surface area contributed by atoms with Crippen LogP contribution in [0.25, 0.3) is 22.3 Å². The van der Waals surface area contributed by atoms with Crippen molar-refractivity contribution in [2.45, 2.75) is 33.2 Å². The molecule has 5 nitrogen and oxygen atoms in total. The van der Waals surface area contributed by atoms with Crippen LogP contribution in [-0.2, 0) is 22.5 Å². The van der Waals surface area contributed by atoms with Gasteiger partial charge in [-0.3, -0.25) is 4.79 Å². The molecule has 36 heavy (non-hydrogen) atoms. The lowest BCUT2D eigenvalue weighted by atomic mass is 9.95. The largest absolute Gasteiger partial charge is 0.482 e. The van der Waals surface area contributed by atoms with E-state index in [2.05, 4.69) is 43.3 Å². The van der Waals surface area contributed by atoms with Crippen molar-refractivity contribution in [2.75, 3.05) is 13.2 Å². The number of nitrogens with zero attached hydrogens (tertiary/aromatic N) is 1. The number of carbonyl (C=O) groups is 1. The number of pyridine rings is 1. The molecule has 0 amide bonds. The number of rotatable bonds is 10. The second kappa shape index (κ2) is 12.0. The molecular formula is C31H31NO4. The van der Waals surface area contributed by atoms with E-state index >= 15 is 0 Å². The zero-order valence-corrected chi connectivity index (χ0v) is 20.8. The molecular weight excluding hydrogens is 450 g/mol. The topological polar surface area (TPSA) is 57.5 Å². The van der Waals surface area contributed by atoms with E-state index in [0.717, 1.165) is 40.7 Å². The van der Waals surface area contributed by atoms with Crippen molar-refractivity contribution in [3.8, 4) is 28.0 Å². The zero-order chi connectivity index (χ0) is 25.3. The van der Waals surface area contributed by atoms with E-state index in [1.165, 1.54) is 5.56 Å². The first-order chi connectivity index (χ1) is 17.5. The van der Waals surface area contributed by atoms with E-state index in [0.29, 0.717) is 18.9 Å². The first-order valence-corrected chi connectivity index (χ1v) is 12.3.